The number of morpholine rings is 1. The Bertz CT molecular complexity index is 1330. The number of fused-ring (bicyclic) bond motifs is 1. The largest absolute Gasteiger partial charge is 0.497 e. The Morgan fingerprint density at radius 3 is 2.34 bits per heavy atom. The number of anilines is 3. The molecule has 0 atom stereocenters. The van der Waals surface area contributed by atoms with Gasteiger partial charge in [-0.25, -0.2) is 4.79 Å². The van der Waals surface area contributed by atoms with E-state index < -0.39 is 0 Å². The lowest BCUT2D eigenvalue weighted by molar-refractivity contribution is 0.0322. The van der Waals surface area contributed by atoms with Crippen molar-refractivity contribution in [3.05, 3.63) is 72.3 Å². The van der Waals surface area contributed by atoms with Gasteiger partial charge in [-0.05, 0) is 54.1 Å². The first-order valence-corrected chi connectivity index (χ1v) is 12.5. The van der Waals surface area contributed by atoms with Gasteiger partial charge < -0.3 is 34.6 Å². The number of ether oxygens (including phenoxy) is 3. The number of nitrogens with zero attached hydrogens (tertiary/aromatic N) is 2. The van der Waals surface area contributed by atoms with Gasteiger partial charge in [0.15, 0.2) is 5.58 Å². The quantitative estimate of drug-likeness (QED) is 0.275. The molecule has 1 saturated heterocycles. The van der Waals surface area contributed by atoms with Crippen LogP contribution in [0.3, 0.4) is 0 Å². The summed E-state index contributed by atoms with van der Waals surface area (Å²) in [5, 5.41) is 8.83. The molecule has 1 fully saturated rings. The Hall–Kier alpha value is -4.28. The fraction of sp³-hybridized carbons (Fsp3) is 0.286. The van der Waals surface area contributed by atoms with Gasteiger partial charge in [-0.15, -0.1) is 0 Å². The number of methoxy groups -OCH3 is 1. The van der Waals surface area contributed by atoms with E-state index in [-0.39, 0.29) is 6.03 Å². The number of aromatic nitrogens is 1. The van der Waals surface area contributed by atoms with Crippen molar-refractivity contribution in [2.45, 2.75) is 6.54 Å². The Morgan fingerprint density at radius 1 is 0.947 bits per heavy atom. The third-order valence-electron chi connectivity index (χ3n) is 6.14. The molecule has 0 spiro atoms. The highest BCUT2D eigenvalue weighted by Crippen LogP contribution is 2.24. The number of rotatable bonds is 10. The van der Waals surface area contributed by atoms with Crippen molar-refractivity contribution < 1.29 is 23.4 Å². The van der Waals surface area contributed by atoms with Crippen molar-refractivity contribution in [2.24, 2.45) is 0 Å². The molecule has 10 nitrogen and oxygen atoms in total. The third-order valence-corrected chi connectivity index (χ3v) is 6.14. The van der Waals surface area contributed by atoms with Crippen molar-refractivity contribution in [3.63, 3.8) is 0 Å². The molecule has 0 unspecified atom stereocenters. The molecule has 1 aromatic heterocycles. The first kappa shape index (κ1) is 25.4. The van der Waals surface area contributed by atoms with Crippen LogP contribution in [0.1, 0.15) is 5.56 Å². The topological polar surface area (TPSA) is 110 Å². The van der Waals surface area contributed by atoms with Gasteiger partial charge in [0.2, 0.25) is 0 Å². The number of carbonyl (C=O) groups excluding carboxylic acids is 1. The van der Waals surface area contributed by atoms with Crippen LogP contribution in [0.15, 0.2) is 71.1 Å². The molecular formula is C28H31N5O5. The number of hydrogen-bond donors (Lipinski definition) is 3. The first-order chi connectivity index (χ1) is 18.6. The SMILES string of the molecule is COc1ccc(NC(=O)Nc2ccc(CNc3nc4ccc(OCCN5CCOCC5)cc4o3)cc2)cc1. The van der Waals surface area contributed by atoms with Gasteiger partial charge >= 0.3 is 6.03 Å². The normalized spacial score (nSPS) is 13.7. The van der Waals surface area contributed by atoms with Gasteiger partial charge in [-0.2, -0.15) is 4.98 Å². The third kappa shape index (κ3) is 6.93. The van der Waals surface area contributed by atoms with Crippen LogP contribution in [0, 0.1) is 0 Å². The number of carbonyl (C=O) groups is 1. The van der Waals surface area contributed by atoms with Gasteiger partial charge in [0.25, 0.3) is 6.01 Å². The van der Waals surface area contributed by atoms with Crippen LogP contribution in [0.4, 0.5) is 22.2 Å². The van der Waals surface area contributed by atoms with E-state index in [4.69, 9.17) is 18.6 Å². The summed E-state index contributed by atoms with van der Waals surface area (Å²) in [5.41, 5.74) is 3.80. The zero-order chi connectivity index (χ0) is 26.2. The van der Waals surface area contributed by atoms with Gasteiger partial charge in [-0.3, -0.25) is 4.90 Å². The highest BCUT2D eigenvalue weighted by molar-refractivity contribution is 5.99. The predicted octanol–water partition coefficient (Wildman–Crippen LogP) is 4.80. The fourth-order valence-electron chi connectivity index (χ4n) is 4.04. The van der Waals surface area contributed by atoms with Crippen LogP contribution in [0.2, 0.25) is 0 Å². The first-order valence-electron chi connectivity index (χ1n) is 12.5. The second-order valence-electron chi connectivity index (χ2n) is 8.81. The highest BCUT2D eigenvalue weighted by atomic mass is 16.5. The van der Waals surface area contributed by atoms with Crippen molar-refractivity contribution in [1.29, 1.82) is 0 Å². The predicted molar refractivity (Wildman–Crippen MR) is 146 cm³/mol. The van der Waals surface area contributed by atoms with Crippen LogP contribution in [-0.2, 0) is 11.3 Å². The molecular weight excluding hydrogens is 486 g/mol. The van der Waals surface area contributed by atoms with Crippen molar-refractivity contribution in [1.82, 2.24) is 9.88 Å². The monoisotopic (exact) mass is 517 g/mol. The molecule has 38 heavy (non-hydrogen) atoms. The van der Waals surface area contributed by atoms with E-state index >= 15 is 0 Å². The summed E-state index contributed by atoms with van der Waals surface area (Å²) in [6, 6.07) is 20.5. The van der Waals surface area contributed by atoms with E-state index in [9.17, 15) is 4.79 Å². The average Bonchev–Trinajstić information content (AvgIpc) is 3.36. The molecule has 3 N–H and O–H groups in total. The molecule has 0 saturated carbocycles. The lowest BCUT2D eigenvalue weighted by atomic mass is 10.2. The molecule has 0 bridgehead atoms. The number of urea groups is 1. The summed E-state index contributed by atoms with van der Waals surface area (Å²) in [5.74, 6) is 1.49. The Morgan fingerprint density at radius 2 is 1.63 bits per heavy atom. The molecule has 4 aromatic rings. The maximum atomic E-state index is 12.3. The van der Waals surface area contributed by atoms with Crippen LogP contribution < -0.4 is 25.4 Å². The molecule has 1 aliphatic heterocycles. The second kappa shape index (κ2) is 12.3. The molecule has 0 radical (unpaired) electrons. The zero-order valence-corrected chi connectivity index (χ0v) is 21.2. The van der Waals surface area contributed by atoms with E-state index in [0.29, 0.717) is 36.1 Å². The number of hydrogen-bond acceptors (Lipinski definition) is 8. The second-order valence-corrected chi connectivity index (χ2v) is 8.81. The Kier molecular flexibility index (Phi) is 8.22. The number of nitrogens with one attached hydrogen (secondary N) is 3. The highest BCUT2D eigenvalue weighted by Gasteiger charge is 2.11. The summed E-state index contributed by atoms with van der Waals surface area (Å²) in [7, 11) is 1.60. The minimum absolute atomic E-state index is 0.322. The fourth-order valence-corrected chi connectivity index (χ4v) is 4.04. The zero-order valence-electron chi connectivity index (χ0n) is 21.2. The standard InChI is InChI=1S/C28H31N5O5/c1-35-23-8-6-22(7-9-23)31-27(34)30-21-4-2-20(3-5-21)19-29-28-32-25-11-10-24(18-26(25)38-28)37-17-14-33-12-15-36-16-13-33/h2-11,18H,12-17,19H2,1H3,(H,29,32)(H2,30,31,34). The van der Waals surface area contributed by atoms with Crippen LogP contribution >= 0.6 is 0 Å². The number of oxazole rings is 1. The summed E-state index contributed by atoms with van der Waals surface area (Å²) in [6.45, 7) is 5.45. The Balaban J connectivity index is 1.09. The molecule has 10 heteroatoms. The van der Waals surface area contributed by atoms with Gasteiger partial charge in [0, 0.05) is 43.6 Å². The van der Waals surface area contributed by atoms with Gasteiger partial charge in [0.05, 0.1) is 20.3 Å². The lowest BCUT2D eigenvalue weighted by Crippen LogP contribution is -2.38. The van der Waals surface area contributed by atoms with E-state index in [1.165, 1.54) is 0 Å². The molecule has 2 heterocycles. The number of benzene rings is 3. The number of amides is 2. The van der Waals surface area contributed by atoms with E-state index in [1.807, 2.05) is 42.5 Å². The van der Waals surface area contributed by atoms with E-state index in [2.05, 4.69) is 25.8 Å². The molecule has 198 valence electrons. The Labute approximate surface area is 220 Å². The van der Waals surface area contributed by atoms with E-state index in [0.717, 1.165) is 55.4 Å². The van der Waals surface area contributed by atoms with Crippen molar-refractivity contribution >= 4 is 34.5 Å². The molecule has 2 amide bonds. The van der Waals surface area contributed by atoms with Gasteiger partial charge in [-0.1, -0.05) is 12.1 Å². The summed E-state index contributed by atoms with van der Waals surface area (Å²) >= 11 is 0. The average molecular weight is 518 g/mol. The molecule has 3 aromatic carbocycles. The van der Waals surface area contributed by atoms with Crippen LogP contribution in [-0.4, -0.2) is 62.5 Å². The molecule has 0 aliphatic carbocycles. The molecule has 5 rings (SSSR count). The lowest BCUT2D eigenvalue weighted by Gasteiger charge is -2.26. The smallest absolute Gasteiger partial charge is 0.323 e. The molecule has 1 aliphatic rings. The maximum Gasteiger partial charge on any atom is 0.323 e. The maximum absolute atomic E-state index is 12.3. The van der Waals surface area contributed by atoms with Crippen LogP contribution in [0.5, 0.6) is 11.5 Å². The summed E-state index contributed by atoms with van der Waals surface area (Å²) in [6.07, 6.45) is 0. The van der Waals surface area contributed by atoms with Crippen LogP contribution in [0.25, 0.3) is 11.1 Å². The minimum atomic E-state index is -0.322. The van der Waals surface area contributed by atoms with Crippen molar-refractivity contribution in [3.8, 4) is 11.5 Å². The van der Waals surface area contributed by atoms with Gasteiger partial charge in [0.1, 0.15) is 23.6 Å². The summed E-state index contributed by atoms with van der Waals surface area (Å²) < 4.78 is 22.3. The van der Waals surface area contributed by atoms with E-state index in [1.54, 1.807) is 31.4 Å². The minimum Gasteiger partial charge on any atom is -0.497 e. The summed E-state index contributed by atoms with van der Waals surface area (Å²) in [4.78, 5) is 19.1. The van der Waals surface area contributed by atoms with Crippen molar-refractivity contribution in [2.75, 3.05) is 62.5 Å².